The number of nitrogens with two attached hydrogens (primary N) is 1. The fourth-order valence-corrected chi connectivity index (χ4v) is 2.21. The van der Waals surface area contributed by atoms with Gasteiger partial charge in [-0.3, -0.25) is 0 Å². The van der Waals surface area contributed by atoms with E-state index in [9.17, 15) is 13.2 Å². The third-order valence-corrected chi connectivity index (χ3v) is 3.47. The molecule has 0 fully saturated rings. The molecule has 0 aliphatic rings. The number of pyridine rings is 1. The van der Waals surface area contributed by atoms with Gasteiger partial charge in [0, 0.05) is 32.4 Å². The molecule has 0 radical (unpaired) electrons. The number of nitrogens with one attached hydrogen (secondary N) is 3. The topological polar surface area (TPSA) is 126 Å². The van der Waals surface area contributed by atoms with Crippen LogP contribution in [-0.4, -0.2) is 39.6 Å². The van der Waals surface area contributed by atoms with Gasteiger partial charge in [-0.15, -0.1) is 0 Å². The molecule has 18 heavy (non-hydrogen) atoms. The highest BCUT2D eigenvalue weighted by atomic mass is 32.2. The summed E-state index contributed by atoms with van der Waals surface area (Å²) in [5.41, 5.74) is 4.85. The molecule has 0 unspecified atom stereocenters. The Hall–Kier alpha value is -1.87. The van der Waals surface area contributed by atoms with Gasteiger partial charge in [0.15, 0.2) is 0 Å². The summed E-state index contributed by atoms with van der Waals surface area (Å²) in [6.07, 6.45) is 1.39. The van der Waals surface area contributed by atoms with Crippen LogP contribution in [-0.2, 0) is 10.0 Å². The maximum Gasteiger partial charge on any atom is 0.312 e. The van der Waals surface area contributed by atoms with Crippen LogP contribution in [0.4, 0.5) is 10.6 Å². The van der Waals surface area contributed by atoms with Gasteiger partial charge in [0.05, 0.1) is 4.90 Å². The van der Waals surface area contributed by atoms with E-state index in [1.165, 1.54) is 18.3 Å². The monoisotopic (exact) mass is 273 g/mol. The van der Waals surface area contributed by atoms with Gasteiger partial charge in [-0.1, -0.05) is 0 Å². The van der Waals surface area contributed by atoms with Crippen molar-refractivity contribution in [2.75, 3.05) is 25.5 Å². The fraction of sp³-hybridized carbons (Fsp3) is 0.333. The van der Waals surface area contributed by atoms with E-state index in [1.54, 1.807) is 7.05 Å². The summed E-state index contributed by atoms with van der Waals surface area (Å²) in [6.45, 7) is 0.182. The fourth-order valence-electron chi connectivity index (χ4n) is 1.17. The van der Waals surface area contributed by atoms with Gasteiger partial charge in [-0.2, -0.15) is 0 Å². The Morgan fingerprint density at radius 3 is 2.78 bits per heavy atom. The Morgan fingerprint density at radius 1 is 1.44 bits per heavy atom. The van der Waals surface area contributed by atoms with Crippen molar-refractivity contribution in [3.63, 3.8) is 0 Å². The summed E-state index contributed by atoms with van der Waals surface area (Å²) >= 11 is 0. The third kappa shape index (κ3) is 4.18. The van der Waals surface area contributed by atoms with Gasteiger partial charge in [-0.05, 0) is 6.07 Å². The van der Waals surface area contributed by atoms with Crippen LogP contribution in [0.25, 0.3) is 0 Å². The van der Waals surface area contributed by atoms with Crippen molar-refractivity contribution in [2.45, 2.75) is 4.90 Å². The van der Waals surface area contributed by atoms with E-state index in [-0.39, 0.29) is 18.0 Å². The first-order chi connectivity index (χ1) is 8.45. The van der Waals surface area contributed by atoms with Crippen LogP contribution in [0.1, 0.15) is 0 Å². The summed E-state index contributed by atoms with van der Waals surface area (Å²) in [7, 11) is -1.97. The van der Waals surface area contributed by atoms with Crippen LogP contribution in [0.3, 0.4) is 0 Å². The molecule has 1 rings (SSSR count). The number of carbonyl (C=O) groups excluding carboxylic acids is 1. The van der Waals surface area contributed by atoms with Crippen LogP contribution < -0.4 is 21.1 Å². The molecular weight excluding hydrogens is 258 g/mol. The van der Waals surface area contributed by atoms with Gasteiger partial charge < -0.3 is 16.4 Å². The van der Waals surface area contributed by atoms with Crippen molar-refractivity contribution in [3.8, 4) is 0 Å². The lowest BCUT2D eigenvalue weighted by molar-refractivity contribution is 0.249. The summed E-state index contributed by atoms with van der Waals surface area (Å²) < 4.78 is 26.0. The zero-order valence-corrected chi connectivity index (χ0v) is 10.6. The van der Waals surface area contributed by atoms with E-state index in [0.717, 1.165) is 0 Å². The number of amides is 2. The van der Waals surface area contributed by atoms with Gasteiger partial charge in [-0.25, -0.2) is 22.9 Å². The minimum atomic E-state index is -3.61. The molecule has 0 spiro atoms. The zero-order chi connectivity index (χ0) is 13.6. The zero-order valence-electron chi connectivity index (χ0n) is 9.80. The lowest BCUT2D eigenvalue weighted by atomic mass is 10.5. The smallest absolute Gasteiger partial charge is 0.312 e. The number of nitrogens with zero attached hydrogens (tertiary/aromatic N) is 1. The number of anilines is 1. The van der Waals surface area contributed by atoms with Gasteiger partial charge in [0.2, 0.25) is 10.0 Å². The second-order valence-corrected chi connectivity index (χ2v) is 5.08. The molecule has 0 saturated carbocycles. The van der Waals surface area contributed by atoms with E-state index >= 15 is 0 Å². The van der Waals surface area contributed by atoms with E-state index in [0.29, 0.717) is 5.82 Å². The van der Waals surface area contributed by atoms with Crippen LogP contribution in [0.15, 0.2) is 23.2 Å². The van der Waals surface area contributed by atoms with Gasteiger partial charge in [0.25, 0.3) is 0 Å². The molecule has 9 heteroatoms. The van der Waals surface area contributed by atoms with Crippen LogP contribution in [0, 0.1) is 0 Å². The van der Waals surface area contributed by atoms with Crippen molar-refractivity contribution in [1.29, 1.82) is 0 Å². The highest BCUT2D eigenvalue weighted by molar-refractivity contribution is 7.89. The van der Waals surface area contributed by atoms with Gasteiger partial charge in [0.1, 0.15) is 5.82 Å². The number of hydrogen-bond donors (Lipinski definition) is 4. The van der Waals surface area contributed by atoms with Crippen LogP contribution >= 0.6 is 0 Å². The number of aromatic nitrogens is 1. The molecule has 1 aromatic rings. The highest BCUT2D eigenvalue weighted by Crippen LogP contribution is 2.11. The number of urea groups is 1. The molecule has 1 heterocycles. The standard InChI is InChI=1S/C9H15N5O3S/c1-11-8-6-7(2-3-12-8)18(16,17)14-5-4-13-9(10)15/h2-3,6,14H,4-5H2,1H3,(H,11,12)(H3,10,13,15). The van der Waals surface area contributed by atoms with Crippen LogP contribution in [0.2, 0.25) is 0 Å². The summed E-state index contributed by atoms with van der Waals surface area (Å²) in [4.78, 5) is 14.4. The minimum absolute atomic E-state index is 0.0580. The second kappa shape index (κ2) is 6.17. The van der Waals surface area contributed by atoms with E-state index in [1.807, 2.05) is 0 Å². The third-order valence-electron chi connectivity index (χ3n) is 2.01. The average Bonchev–Trinajstić information content (AvgIpc) is 2.34. The lowest BCUT2D eigenvalue weighted by Gasteiger charge is -2.07. The normalized spacial score (nSPS) is 10.9. The Balaban J connectivity index is 2.65. The maximum atomic E-state index is 11.8. The molecule has 0 saturated heterocycles. The van der Waals surface area contributed by atoms with Crippen molar-refractivity contribution in [2.24, 2.45) is 5.73 Å². The lowest BCUT2D eigenvalue weighted by Crippen LogP contribution is -2.37. The Kier molecular flexibility index (Phi) is 4.86. The van der Waals surface area contributed by atoms with Gasteiger partial charge >= 0.3 is 6.03 Å². The molecule has 1 aromatic heterocycles. The van der Waals surface area contributed by atoms with Crippen molar-refractivity contribution in [3.05, 3.63) is 18.3 Å². The molecular formula is C9H15N5O3S. The van der Waals surface area contributed by atoms with E-state index in [4.69, 9.17) is 5.73 Å². The Bertz CT molecular complexity index is 517. The maximum absolute atomic E-state index is 11.8. The minimum Gasteiger partial charge on any atom is -0.373 e. The largest absolute Gasteiger partial charge is 0.373 e. The number of rotatable bonds is 6. The molecule has 8 nitrogen and oxygen atoms in total. The molecule has 0 aliphatic carbocycles. The average molecular weight is 273 g/mol. The van der Waals surface area contributed by atoms with Crippen molar-refractivity contribution < 1.29 is 13.2 Å². The Morgan fingerprint density at radius 2 is 2.17 bits per heavy atom. The van der Waals surface area contributed by atoms with Crippen LogP contribution in [0.5, 0.6) is 0 Å². The quantitative estimate of drug-likeness (QED) is 0.498. The van der Waals surface area contributed by atoms with Crippen molar-refractivity contribution >= 4 is 21.9 Å². The highest BCUT2D eigenvalue weighted by Gasteiger charge is 2.13. The predicted molar refractivity (Wildman–Crippen MR) is 66.6 cm³/mol. The summed E-state index contributed by atoms with van der Waals surface area (Å²) in [5.74, 6) is 0.452. The molecule has 5 N–H and O–H groups in total. The molecule has 100 valence electrons. The summed E-state index contributed by atoms with van der Waals surface area (Å²) in [5, 5.41) is 5.02. The molecule has 0 atom stereocenters. The predicted octanol–water partition coefficient (Wildman–Crippen LogP) is -0.930. The second-order valence-electron chi connectivity index (χ2n) is 3.32. The number of carbonyl (C=O) groups is 1. The SMILES string of the molecule is CNc1cc(S(=O)(=O)NCCNC(N)=O)ccn1. The van der Waals surface area contributed by atoms with E-state index < -0.39 is 16.1 Å². The Labute approximate surface area is 105 Å². The first-order valence-corrected chi connectivity index (χ1v) is 6.61. The van der Waals surface area contributed by atoms with Crippen molar-refractivity contribution in [1.82, 2.24) is 15.0 Å². The number of hydrogen-bond acceptors (Lipinski definition) is 5. The number of sulfonamides is 1. The van der Waals surface area contributed by atoms with E-state index in [2.05, 4.69) is 20.3 Å². The number of primary amides is 1. The first kappa shape index (κ1) is 14.2. The summed E-state index contributed by atoms with van der Waals surface area (Å²) in [6, 6.07) is 2.09. The molecule has 0 bridgehead atoms. The molecule has 0 aromatic carbocycles. The molecule has 2 amide bonds. The first-order valence-electron chi connectivity index (χ1n) is 5.12. The molecule has 0 aliphatic heterocycles.